The summed E-state index contributed by atoms with van der Waals surface area (Å²) >= 11 is 0. The van der Waals surface area contributed by atoms with Crippen molar-refractivity contribution in [2.24, 2.45) is 0 Å². The van der Waals surface area contributed by atoms with Gasteiger partial charge in [0.2, 0.25) is 0 Å². The van der Waals surface area contributed by atoms with Crippen LogP contribution in [0.3, 0.4) is 0 Å². The Kier molecular flexibility index (Phi) is 3.44. The molecule has 3 aromatic rings. The summed E-state index contributed by atoms with van der Waals surface area (Å²) < 4.78 is 42.8. The molecule has 0 aliphatic heterocycles. The number of halogens is 3. The van der Waals surface area contributed by atoms with Crippen LogP contribution in [-0.2, 0) is 12.8 Å². The summed E-state index contributed by atoms with van der Waals surface area (Å²) in [7, 11) is 0. The van der Waals surface area contributed by atoms with Gasteiger partial charge in [0.25, 0.3) is 0 Å². The minimum atomic E-state index is -4.35. The van der Waals surface area contributed by atoms with E-state index in [0.29, 0.717) is 11.3 Å². The fourth-order valence-electron chi connectivity index (χ4n) is 2.18. The first-order chi connectivity index (χ1) is 10.4. The number of hydrogen-bond acceptors (Lipinski definition) is 2. The van der Waals surface area contributed by atoms with Crippen molar-refractivity contribution in [3.8, 4) is 11.5 Å². The summed E-state index contributed by atoms with van der Waals surface area (Å²) in [4.78, 5) is 3.01. The molecule has 2 aromatic carbocycles. The maximum atomic E-state index is 12.5. The number of aromatic hydroxyl groups is 1. The van der Waals surface area contributed by atoms with E-state index < -0.39 is 11.7 Å². The third-order valence-corrected chi connectivity index (χ3v) is 3.27. The zero-order chi connectivity index (χ0) is 15.7. The van der Waals surface area contributed by atoms with Gasteiger partial charge in [-0.2, -0.15) is 13.2 Å². The molecule has 0 fully saturated rings. The second kappa shape index (κ2) is 5.29. The van der Waals surface area contributed by atoms with Crippen LogP contribution in [0.1, 0.15) is 11.3 Å². The molecule has 0 aliphatic carbocycles. The summed E-state index contributed by atoms with van der Waals surface area (Å²) in [5, 5.41) is 10.5. The zero-order valence-corrected chi connectivity index (χ0v) is 11.3. The molecule has 0 saturated carbocycles. The van der Waals surface area contributed by atoms with Gasteiger partial charge < -0.3 is 14.8 Å². The standard InChI is InChI=1S/C16H12F3NO2/c17-16(18,19)11-4-6-13(7-5-11)22-9-12-8-10-2-1-3-14(21)15(10)20-12/h1-8,20-21H,9H2. The Bertz CT molecular complexity index is 791. The summed E-state index contributed by atoms with van der Waals surface area (Å²) in [6, 6.07) is 11.5. The molecule has 0 atom stereocenters. The highest BCUT2D eigenvalue weighted by Crippen LogP contribution is 2.30. The Balaban J connectivity index is 1.72. The summed E-state index contributed by atoms with van der Waals surface area (Å²) in [6.07, 6.45) is -4.35. The van der Waals surface area contributed by atoms with Gasteiger partial charge in [-0.1, -0.05) is 12.1 Å². The van der Waals surface area contributed by atoms with Crippen LogP contribution in [0.4, 0.5) is 13.2 Å². The molecule has 1 heterocycles. The second-order valence-electron chi connectivity index (χ2n) is 4.85. The van der Waals surface area contributed by atoms with Crippen molar-refractivity contribution in [3.05, 3.63) is 59.8 Å². The molecule has 3 nitrogen and oxygen atoms in total. The number of H-pyrrole nitrogens is 1. The predicted molar refractivity (Wildman–Crippen MR) is 75.7 cm³/mol. The molecule has 114 valence electrons. The summed E-state index contributed by atoms with van der Waals surface area (Å²) in [5.74, 6) is 0.481. The van der Waals surface area contributed by atoms with Gasteiger partial charge >= 0.3 is 6.18 Å². The van der Waals surface area contributed by atoms with Crippen LogP contribution in [0, 0.1) is 0 Å². The molecule has 2 N–H and O–H groups in total. The Morgan fingerprint density at radius 2 is 1.77 bits per heavy atom. The van der Waals surface area contributed by atoms with Crippen molar-refractivity contribution >= 4 is 10.9 Å². The van der Waals surface area contributed by atoms with Crippen LogP contribution in [-0.4, -0.2) is 10.1 Å². The molecule has 22 heavy (non-hydrogen) atoms. The van der Waals surface area contributed by atoms with E-state index in [4.69, 9.17) is 4.74 Å². The third-order valence-electron chi connectivity index (χ3n) is 3.27. The van der Waals surface area contributed by atoms with Gasteiger partial charge in [-0.25, -0.2) is 0 Å². The quantitative estimate of drug-likeness (QED) is 0.750. The predicted octanol–water partition coefficient (Wildman–Crippen LogP) is 4.47. The van der Waals surface area contributed by atoms with E-state index in [1.165, 1.54) is 12.1 Å². The topological polar surface area (TPSA) is 45.2 Å². The molecular weight excluding hydrogens is 295 g/mol. The Morgan fingerprint density at radius 3 is 2.41 bits per heavy atom. The number of hydrogen-bond donors (Lipinski definition) is 2. The lowest BCUT2D eigenvalue weighted by atomic mass is 10.2. The van der Waals surface area contributed by atoms with Crippen LogP contribution in [0.5, 0.6) is 11.5 Å². The fourth-order valence-corrected chi connectivity index (χ4v) is 2.18. The number of phenolic OH excluding ortho intramolecular Hbond substituents is 1. The number of aromatic nitrogens is 1. The van der Waals surface area contributed by atoms with Crippen molar-refractivity contribution in [2.45, 2.75) is 12.8 Å². The van der Waals surface area contributed by atoms with Gasteiger partial charge in [-0.05, 0) is 36.4 Å². The normalized spacial score (nSPS) is 11.8. The maximum Gasteiger partial charge on any atom is 0.416 e. The first-order valence-corrected chi connectivity index (χ1v) is 6.53. The molecule has 0 unspecified atom stereocenters. The zero-order valence-electron chi connectivity index (χ0n) is 11.3. The van der Waals surface area contributed by atoms with Crippen LogP contribution in [0.15, 0.2) is 48.5 Å². The Hall–Kier alpha value is -2.63. The molecular formula is C16H12F3NO2. The highest BCUT2D eigenvalue weighted by molar-refractivity contribution is 5.85. The van der Waals surface area contributed by atoms with Crippen LogP contribution >= 0.6 is 0 Å². The highest BCUT2D eigenvalue weighted by Gasteiger charge is 2.29. The van der Waals surface area contributed by atoms with Gasteiger partial charge in [0, 0.05) is 5.39 Å². The van der Waals surface area contributed by atoms with E-state index in [2.05, 4.69) is 4.98 Å². The monoisotopic (exact) mass is 307 g/mol. The SMILES string of the molecule is Oc1cccc2cc(COc3ccc(C(F)(F)F)cc3)[nH]c12. The summed E-state index contributed by atoms with van der Waals surface area (Å²) in [5.41, 5.74) is 0.611. The number of ether oxygens (including phenoxy) is 1. The number of fused-ring (bicyclic) bond motifs is 1. The average molecular weight is 307 g/mol. The van der Waals surface area contributed by atoms with Gasteiger partial charge in [-0.3, -0.25) is 0 Å². The van der Waals surface area contributed by atoms with Crippen LogP contribution in [0.25, 0.3) is 10.9 Å². The largest absolute Gasteiger partial charge is 0.506 e. The molecule has 1 aromatic heterocycles. The van der Waals surface area contributed by atoms with E-state index in [-0.39, 0.29) is 12.4 Å². The van der Waals surface area contributed by atoms with Crippen molar-refractivity contribution in [1.29, 1.82) is 0 Å². The number of phenols is 1. The van der Waals surface area contributed by atoms with Gasteiger partial charge in [-0.15, -0.1) is 0 Å². The molecule has 0 spiro atoms. The first kappa shape index (κ1) is 14.3. The molecule has 0 bridgehead atoms. The van der Waals surface area contributed by atoms with E-state index in [0.717, 1.165) is 23.2 Å². The van der Waals surface area contributed by atoms with Gasteiger partial charge in [0.15, 0.2) is 0 Å². The number of nitrogens with one attached hydrogen (secondary N) is 1. The fraction of sp³-hybridized carbons (Fsp3) is 0.125. The molecule has 6 heteroatoms. The van der Waals surface area contributed by atoms with Crippen molar-refractivity contribution in [3.63, 3.8) is 0 Å². The van der Waals surface area contributed by atoms with Gasteiger partial charge in [0.05, 0.1) is 16.8 Å². The summed E-state index contributed by atoms with van der Waals surface area (Å²) in [6.45, 7) is 0.166. The van der Waals surface area contributed by atoms with Crippen LogP contribution in [0.2, 0.25) is 0 Å². The van der Waals surface area contributed by atoms with Crippen molar-refractivity contribution in [1.82, 2.24) is 4.98 Å². The number of alkyl halides is 3. The lowest BCUT2D eigenvalue weighted by molar-refractivity contribution is -0.137. The van der Waals surface area contributed by atoms with E-state index in [9.17, 15) is 18.3 Å². The molecule has 3 rings (SSSR count). The lowest BCUT2D eigenvalue weighted by Crippen LogP contribution is -2.04. The Morgan fingerprint density at radius 1 is 1.05 bits per heavy atom. The van der Waals surface area contributed by atoms with Crippen molar-refractivity contribution in [2.75, 3.05) is 0 Å². The number of rotatable bonds is 3. The molecule has 0 aliphatic rings. The van der Waals surface area contributed by atoms with Gasteiger partial charge in [0.1, 0.15) is 18.1 Å². The number of para-hydroxylation sites is 1. The first-order valence-electron chi connectivity index (χ1n) is 6.53. The van der Waals surface area contributed by atoms with Crippen LogP contribution < -0.4 is 4.74 Å². The number of benzene rings is 2. The number of aromatic amines is 1. The van der Waals surface area contributed by atoms with Crippen molar-refractivity contribution < 1.29 is 23.0 Å². The third kappa shape index (κ3) is 2.86. The minimum absolute atomic E-state index is 0.137. The lowest BCUT2D eigenvalue weighted by Gasteiger charge is -2.08. The molecule has 0 saturated heterocycles. The molecule has 0 amide bonds. The average Bonchev–Trinajstić information content (AvgIpc) is 2.89. The van der Waals surface area contributed by atoms with E-state index >= 15 is 0 Å². The maximum absolute atomic E-state index is 12.5. The Labute approximate surface area is 124 Å². The smallest absolute Gasteiger partial charge is 0.416 e. The van der Waals surface area contributed by atoms with E-state index in [1.807, 2.05) is 12.1 Å². The second-order valence-corrected chi connectivity index (χ2v) is 4.85. The minimum Gasteiger partial charge on any atom is -0.506 e. The van der Waals surface area contributed by atoms with E-state index in [1.54, 1.807) is 12.1 Å². The highest BCUT2D eigenvalue weighted by atomic mass is 19.4. The molecule has 0 radical (unpaired) electrons.